The molecule has 2 aromatic rings. The number of carbonyl (C=O) groups is 2. The molecule has 0 spiro atoms. The van der Waals surface area contributed by atoms with E-state index in [1.165, 1.54) is 4.90 Å². The lowest BCUT2D eigenvalue weighted by Gasteiger charge is -2.23. The molecule has 0 saturated carbocycles. The van der Waals surface area contributed by atoms with Crippen molar-refractivity contribution in [2.45, 2.75) is 32.4 Å². The third-order valence-electron chi connectivity index (χ3n) is 4.43. The summed E-state index contributed by atoms with van der Waals surface area (Å²) in [6, 6.07) is 16.2. The fourth-order valence-corrected chi connectivity index (χ4v) is 3.09. The largest absolute Gasteiger partial charge is 0.494 e. The smallest absolute Gasteiger partial charge is 0.410 e. The van der Waals surface area contributed by atoms with Gasteiger partial charge >= 0.3 is 6.09 Å². The highest BCUT2D eigenvalue weighted by Crippen LogP contribution is 2.22. The fraction of sp³-hybridized carbons (Fsp3) is 0.333. The number of nitrogens with one attached hydrogen (secondary N) is 1. The normalized spacial score (nSPS) is 16.0. The zero-order valence-corrected chi connectivity index (χ0v) is 15.4. The fourth-order valence-electron chi connectivity index (χ4n) is 3.09. The van der Waals surface area contributed by atoms with E-state index in [9.17, 15) is 9.59 Å². The van der Waals surface area contributed by atoms with E-state index in [-0.39, 0.29) is 12.5 Å². The van der Waals surface area contributed by atoms with Crippen LogP contribution in [0.1, 0.15) is 25.3 Å². The third-order valence-corrected chi connectivity index (χ3v) is 4.43. The Morgan fingerprint density at radius 3 is 2.56 bits per heavy atom. The van der Waals surface area contributed by atoms with Gasteiger partial charge in [0.05, 0.1) is 6.61 Å². The van der Waals surface area contributed by atoms with E-state index in [1.807, 2.05) is 37.3 Å². The van der Waals surface area contributed by atoms with Crippen LogP contribution in [0.2, 0.25) is 0 Å². The van der Waals surface area contributed by atoms with Crippen LogP contribution in [0.15, 0.2) is 54.6 Å². The van der Waals surface area contributed by atoms with E-state index in [4.69, 9.17) is 9.47 Å². The van der Waals surface area contributed by atoms with Crippen molar-refractivity contribution < 1.29 is 19.1 Å². The number of carbonyl (C=O) groups excluding carboxylic acids is 2. The van der Waals surface area contributed by atoms with E-state index in [0.717, 1.165) is 17.7 Å². The van der Waals surface area contributed by atoms with Crippen LogP contribution >= 0.6 is 0 Å². The van der Waals surface area contributed by atoms with Gasteiger partial charge in [0.15, 0.2) is 0 Å². The molecule has 6 nitrogen and oxygen atoms in total. The summed E-state index contributed by atoms with van der Waals surface area (Å²) in [5, 5.41) is 2.87. The van der Waals surface area contributed by atoms with Gasteiger partial charge in [0.1, 0.15) is 18.4 Å². The molecule has 1 saturated heterocycles. The Morgan fingerprint density at radius 1 is 1.11 bits per heavy atom. The Hall–Kier alpha value is -3.02. The number of amides is 2. The highest BCUT2D eigenvalue weighted by Gasteiger charge is 2.35. The number of benzene rings is 2. The zero-order chi connectivity index (χ0) is 19.1. The molecule has 27 heavy (non-hydrogen) atoms. The van der Waals surface area contributed by atoms with Crippen LogP contribution in [-0.4, -0.2) is 36.1 Å². The van der Waals surface area contributed by atoms with Crippen molar-refractivity contribution in [1.29, 1.82) is 0 Å². The highest BCUT2D eigenvalue weighted by atomic mass is 16.6. The second kappa shape index (κ2) is 9.07. The van der Waals surface area contributed by atoms with Crippen molar-refractivity contribution >= 4 is 17.7 Å². The Kier molecular flexibility index (Phi) is 6.30. The minimum absolute atomic E-state index is 0.198. The summed E-state index contributed by atoms with van der Waals surface area (Å²) in [6.45, 7) is 3.23. The van der Waals surface area contributed by atoms with E-state index in [1.54, 1.807) is 24.3 Å². The summed E-state index contributed by atoms with van der Waals surface area (Å²) in [7, 11) is 0. The third kappa shape index (κ3) is 5.00. The van der Waals surface area contributed by atoms with Gasteiger partial charge in [-0.3, -0.25) is 9.69 Å². The number of likely N-dealkylation sites (tertiary alicyclic amines) is 1. The lowest BCUT2D eigenvalue weighted by atomic mass is 10.2. The van der Waals surface area contributed by atoms with E-state index < -0.39 is 12.1 Å². The average molecular weight is 368 g/mol. The molecular formula is C21H24N2O4. The molecule has 1 aliphatic rings. The summed E-state index contributed by atoms with van der Waals surface area (Å²) in [5.74, 6) is 0.552. The molecule has 1 heterocycles. The molecule has 1 atom stereocenters. The lowest BCUT2D eigenvalue weighted by molar-refractivity contribution is -0.120. The first-order valence-corrected chi connectivity index (χ1v) is 9.18. The first-order valence-electron chi connectivity index (χ1n) is 9.18. The second-order valence-corrected chi connectivity index (χ2v) is 6.34. The molecular weight excluding hydrogens is 344 g/mol. The Balaban J connectivity index is 1.56. The van der Waals surface area contributed by atoms with Crippen molar-refractivity contribution in [3.8, 4) is 5.75 Å². The first-order chi connectivity index (χ1) is 13.2. The van der Waals surface area contributed by atoms with Gasteiger partial charge in [-0.05, 0) is 49.6 Å². The maximum atomic E-state index is 12.6. The molecule has 2 aromatic carbocycles. The minimum atomic E-state index is -0.514. The second-order valence-electron chi connectivity index (χ2n) is 6.34. The van der Waals surface area contributed by atoms with E-state index in [2.05, 4.69) is 5.32 Å². The number of ether oxygens (including phenoxy) is 2. The molecule has 142 valence electrons. The monoisotopic (exact) mass is 368 g/mol. The first kappa shape index (κ1) is 18.8. The van der Waals surface area contributed by atoms with Gasteiger partial charge in [0, 0.05) is 12.2 Å². The van der Waals surface area contributed by atoms with Gasteiger partial charge in [0.25, 0.3) is 0 Å². The van der Waals surface area contributed by atoms with E-state index in [0.29, 0.717) is 25.3 Å². The van der Waals surface area contributed by atoms with E-state index >= 15 is 0 Å². The molecule has 3 rings (SSSR count). The quantitative estimate of drug-likeness (QED) is 0.842. The van der Waals surface area contributed by atoms with Crippen molar-refractivity contribution in [1.82, 2.24) is 4.90 Å². The van der Waals surface area contributed by atoms with Gasteiger partial charge in [-0.1, -0.05) is 30.3 Å². The Labute approximate surface area is 159 Å². The molecule has 0 aromatic heterocycles. The van der Waals surface area contributed by atoms with Crippen molar-refractivity contribution in [3.05, 3.63) is 60.2 Å². The SMILES string of the molecule is CCOc1ccc(NC(=O)[C@H]2CCCN2C(=O)OCc2ccccc2)cc1. The van der Waals surface area contributed by atoms with Crippen LogP contribution in [0.25, 0.3) is 0 Å². The van der Waals surface area contributed by atoms with Gasteiger partial charge < -0.3 is 14.8 Å². The predicted molar refractivity (Wildman–Crippen MR) is 103 cm³/mol. The number of hydrogen-bond acceptors (Lipinski definition) is 4. The van der Waals surface area contributed by atoms with Crippen molar-refractivity contribution in [2.75, 3.05) is 18.5 Å². The van der Waals surface area contributed by atoms with Crippen molar-refractivity contribution in [3.63, 3.8) is 0 Å². The summed E-state index contributed by atoms with van der Waals surface area (Å²) >= 11 is 0. The number of anilines is 1. The summed E-state index contributed by atoms with van der Waals surface area (Å²) < 4.78 is 10.8. The maximum absolute atomic E-state index is 12.6. The van der Waals surface area contributed by atoms with Crippen molar-refractivity contribution in [2.24, 2.45) is 0 Å². The van der Waals surface area contributed by atoms with Gasteiger partial charge in [-0.15, -0.1) is 0 Å². The number of rotatable bonds is 6. The van der Waals surface area contributed by atoms with Crippen LogP contribution < -0.4 is 10.1 Å². The van der Waals surface area contributed by atoms with Crippen LogP contribution in [0, 0.1) is 0 Å². The maximum Gasteiger partial charge on any atom is 0.410 e. The summed E-state index contributed by atoms with van der Waals surface area (Å²) in [4.78, 5) is 26.5. The topological polar surface area (TPSA) is 67.9 Å². The highest BCUT2D eigenvalue weighted by molar-refractivity contribution is 5.96. The minimum Gasteiger partial charge on any atom is -0.494 e. The molecule has 0 radical (unpaired) electrons. The standard InChI is InChI=1S/C21H24N2O4/c1-2-26-18-12-10-17(11-13-18)22-20(24)19-9-6-14-23(19)21(25)27-15-16-7-4-3-5-8-16/h3-5,7-8,10-13,19H,2,6,9,14-15H2,1H3,(H,22,24)/t19-/m1/s1. The number of hydrogen-bond donors (Lipinski definition) is 1. The van der Waals surface area contributed by atoms with Crippen LogP contribution in [0.4, 0.5) is 10.5 Å². The molecule has 0 aliphatic carbocycles. The molecule has 0 unspecified atom stereocenters. The summed E-state index contributed by atoms with van der Waals surface area (Å²) in [5.41, 5.74) is 1.59. The average Bonchev–Trinajstić information content (AvgIpc) is 3.19. The lowest BCUT2D eigenvalue weighted by Crippen LogP contribution is -2.43. The van der Waals surface area contributed by atoms with Crippen LogP contribution in [0.5, 0.6) is 5.75 Å². The predicted octanol–water partition coefficient (Wildman–Crippen LogP) is 3.83. The zero-order valence-electron chi connectivity index (χ0n) is 15.4. The van der Waals surface area contributed by atoms with Crippen LogP contribution in [0.3, 0.4) is 0 Å². The molecule has 1 N–H and O–H groups in total. The molecule has 2 amide bonds. The van der Waals surface area contributed by atoms with Gasteiger partial charge in [0.2, 0.25) is 5.91 Å². The molecule has 0 bridgehead atoms. The van der Waals surface area contributed by atoms with Crippen LogP contribution in [-0.2, 0) is 16.1 Å². The summed E-state index contributed by atoms with van der Waals surface area (Å²) in [6.07, 6.45) is 0.952. The van der Waals surface area contributed by atoms with Gasteiger partial charge in [-0.25, -0.2) is 4.79 Å². The Bertz CT molecular complexity index is 762. The molecule has 1 fully saturated rings. The molecule has 1 aliphatic heterocycles. The number of nitrogens with zero attached hydrogens (tertiary/aromatic N) is 1. The molecule has 6 heteroatoms. The Morgan fingerprint density at radius 2 is 1.85 bits per heavy atom. The van der Waals surface area contributed by atoms with Gasteiger partial charge in [-0.2, -0.15) is 0 Å².